The molecule has 0 heterocycles. The van der Waals surface area contributed by atoms with Crippen LogP contribution in [0.5, 0.6) is 5.75 Å². The van der Waals surface area contributed by atoms with Gasteiger partial charge in [0, 0.05) is 12.6 Å². The van der Waals surface area contributed by atoms with Gasteiger partial charge in [-0.25, -0.2) is 8.42 Å². The van der Waals surface area contributed by atoms with Crippen LogP contribution in [0.15, 0.2) is 77.7 Å². The molecule has 0 saturated heterocycles. The summed E-state index contributed by atoms with van der Waals surface area (Å²) in [7, 11) is -2.65. The van der Waals surface area contributed by atoms with E-state index in [0.29, 0.717) is 12.2 Å². The molecule has 0 saturated carbocycles. The number of hydrogen-bond acceptors (Lipinski definition) is 5. The highest BCUT2D eigenvalue weighted by molar-refractivity contribution is 7.92. The fourth-order valence-corrected chi connectivity index (χ4v) is 6.05. The summed E-state index contributed by atoms with van der Waals surface area (Å²) in [5, 5.41) is 3.15. The summed E-state index contributed by atoms with van der Waals surface area (Å²) >= 11 is 6.47. The first-order valence-corrected chi connectivity index (χ1v) is 15.4. The lowest BCUT2D eigenvalue weighted by atomic mass is 10.1. The number of amides is 2. The van der Waals surface area contributed by atoms with Crippen LogP contribution in [0, 0.1) is 6.92 Å². The Labute approximate surface area is 248 Å². The third kappa shape index (κ3) is 8.01. The van der Waals surface area contributed by atoms with Crippen molar-refractivity contribution in [3.8, 4) is 5.75 Å². The molecule has 220 valence electrons. The zero-order chi connectivity index (χ0) is 30.2. The summed E-state index contributed by atoms with van der Waals surface area (Å²) < 4.78 is 34.3. The van der Waals surface area contributed by atoms with Crippen LogP contribution in [0.3, 0.4) is 0 Å². The maximum absolute atomic E-state index is 14.2. The third-order valence-corrected chi connectivity index (χ3v) is 8.98. The van der Waals surface area contributed by atoms with Crippen LogP contribution in [-0.2, 0) is 26.2 Å². The molecule has 0 spiro atoms. The molecular formula is C31H38ClN3O5S. The van der Waals surface area contributed by atoms with Crippen molar-refractivity contribution in [2.75, 3.05) is 18.0 Å². The van der Waals surface area contributed by atoms with E-state index in [1.165, 1.54) is 17.0 Å². The molecule has 3 aromatic rings. The Kier molecular flexibility index (Phi) is 11.2. The van der Waals surface area contributed by atoms with Crippen molar-refractivity contribution in [3.05, 3.63) is 88.9 Å². The Morgan fingerprint density at radius 1 is 0.976 bits per heavy atom. The molecule has 0 aromatic heterocycles. The van der Waals surface area contributed by atoms with Crippen molar-refractivity contribution in [2.24, 2.45) is 0 Å². The molecule has 0 fully saturated rings. The van der Waals surface area contributed by atoms with Gasteiger partial charge in [-0.1, -0.05) is 67.4 Å². The first-order valence-electron chi connectivity index (χ1n) is 13.6. The third-order valence-electron chi connectivity index (χ3n) is 6.88. The molecule has 10 heteroatoms. The van der Waals surface area contributed by atoms with E-state index in [1.54, 1.807) is 61.7 Å². The Hall–Kier alpha value is -3.56. The number of ether oxygens (including phenoxy) is 1. The number of hydrogen-bond donors (Lipinski definition) is 1. The molecule has 0 radical (unpaired) electrons. The molecule has 1 N–H and O–H groups in total. The largest absolute Gasteiger partial charge is 0.497 e. The van der Waals surface area contributed by atoms with Gasteiger partial charge in [-0.15, -0.1) is 0 Å². The molecule has 0 aliphatic rings. The minimum atomic E-state index is -4.20. The normalized spacial score (nSPS) is 12.7. The number of nitrogens with zero attached hydrogens (tertiary/aromatic N) is 2. The quantitative estimate of drug-likeness (QED) is 0.277. The predicted molar refractivity (Wildman–Crippen MR) is 163 cm³/mol. The highest BCUT2D eigenvalue weighted by Gasteiger charge is 2.34. The maximum Gasteiger partial charge on any atom is 0.264 e. The fourth-order valence-electron chi connectivity index (χ4n) is 4.33. The van der Waals surface area contributed by atoms with Crippen molar-refractivity contribution in [2.45, 2.75) is 64.1 Å². The lowest BCUT2D eigenvalue weighted by Gasteiger charge is -2.34. The zero-order valence-corrected chi connectivity index (χ0v) is 25.7. The van der Waals surface area contributed by atoms with Crippen LogP contribution in [0.25, 0.3) is 0 Å². The summed E-state index contributed by atoms with van der Waals surface area (Å²) in [5.41, 5.74) is 1.80. The standard InChI is InChI=1S/C31H38ClN3O5S/c1-6-23(4)33-31(37)28(7-2)34(20-24-11-10-12-25(19-24)40-5)30(36)21-35(29-14-9-8-13-27(29)32)41(38,39)26-17-15-22(3)16-18-26/h8-19,23,28H,6-7,20-21H2,1-5H3,(H,33,37). The van der Waals surface area contributed by atoms with E-state index in [0.717, 1.165) is 21.9 Å². The van der Waals surface area contributed by atoms with Crippen LogP contribution < -0.4 is 14.4 Å². The number of para-hydroxylation sites is 1. The van der Waals surface area contributed by atoms with Crippen molar-refractivity contribution in [1.82, 2.24) is 10.2 Å². The van der Waals surface area contributed by atoms with E-state index < -0.39 is 28.5 Å². The van der Waals surface area contributed by atoms with E-state index in [2.05, 4.69) is 5.32 Å². The number of nitrogens with one attached hydrogen (secondary N) is 1. The van der Waals surface area contributed by atoms with Crippen molar-refractivity contribution in [3.63, 3.8) is 0 Å². The van der Waals surface area contributed by atoms with Crippen LogP contribution in [0.2, 0.25) is 5.02 Å². The van der Waals surface area contributed by atoms with Gasteiger partial charge in [0.05, 0.1) is 22.7 Å². The first kappa shape index (κ1) is 32.0. The molecule has 8 nitrogen and oxygen atoms in total. The van der Waals surface area contributed by atoms with Crippen molar-refractivity contribution in [1.29, 1.82) is 0 Å². The Balaban J connectivity index is 2.08. The summed E-state index contributed by atoms with van der Waals surface area (Å²) in [6.07, 6.45) is 1.05. The average molecular weight is 600 g/mol. The Morgan fingerprint density at radius 3 is 2.27 bits per heavy atom. The van der Waals surface area contributed by atoms with Gasteiger partial charge in [-0.05, 0) is 68.7 Å². The van der Waals surface area contributed by atoms with E-state index in [1.807, 2.05) is 33.8 Å². The Bertz CT molecular complexity index is 1450. The highest BCUT2D eigenvalue weighted by atomic mass is 35.5. The number of anilines is 1. The van der Waals surface area contributed by atoms with Gasteiger partial charge < -0.3 is 15.0 Å². The second-order valence-corrected chi connectivity index (χ2v) is 12.2. The topological polar surface area (TPSA) is 96.0 Å². The Morgan fingerprint density at radius 2 is 1.66 bits per heavy atom. The summed E-state index contributed by atoms with van der Waals surface area (Å²) in [6.45, 7) is 7.05. The second kappa shape index (κ2) is 14.4. The molecule has 0 bridgehead atoms. The number of halogens is 1. The number of carbonyl (C=O) groups is 2. The van der Waals surface area contributed by atoms with Crippen LogP contribution >= 0.6 is 11.6 Å². The van der Waals surface area contributed by atoms with E-state index in [4.69, 9.17) is 16.3 Å². The van der Waals surface area contributed by atoms with E-state index in [-0.39, 0.29) is 34.1 Å². The highest BCUT2D eigenvalue weighted by Crippen LogP contribution is 2.31. The SMILES string of the molecule is CCC(C)NC(=O)C(CC)N(Cc1cccc(OC)c1)C(=O)CN(c1ccccc1Cl)S(=O)(=O)c1ccc(C)cc1. The molecule has 0 aliphatic carbocycles. The van der Waals surface area contributed by atoms with Gasteiger partial charge in [0.1, 0.15) is 18.3 Å². The van der Waals surface area contributed by atoms with Crippen molar-refractivity contribution >= 4 is 39.1 Å². The van der Waals surface area contributed by atoms with Crippen LogP contribution in [-0.4, -0.2) is 50.9 Å². The smallest absolute Gasteiger partial charge is 0.264 e. The van der Waals surface area contributed by atoms with Gasteiger partial charge >= 0.3 is 0 Å². The maximum atomic E-state index is 14.2. The number of benzene rings is 3. The lowest BCUT2D eigenvalue weighted by molar-refractivity contribution is -0.140. The predicted octanol–water partition coefficient (Wildman–Crippen LogP) is 5.57. The minimum absolute atomic E-state index is 0.0247. The number of carbonyl (C=O) groups excluding carboxylic acids is 2. The van der Waals surface area contributed by atoms with Gasteiger partial charge in [-0.3, -0.25) is 13.9 Å². The molecule has 41 heavy (non-hydrogen) atoms. The van der Waals surface area contributed by atoms with Gasteiger partial charge in [0.15, 0.2) is 0 Å². The number of sulfonamides is 1. The molecular weight excluding hydrogens is 562 g/mol. The van der Waals surface area contributed by atoms with Gasteiger partial charge in [-0.2, -0.15) is 0 Å². The van der Waals surface area contributed by atoms with E-state index >= 15 is 0 Å². The van der Waals surface area contributed by atoms with Gasteiger partial charge in [0.25, 0.3) is 10.0 Å². The minimum Gasteiger partial charge on any atom is -0.497 e. The molecule has 2 amide bonds. The summed E-state index contributed by atoms with van der Waals surface area (Å²) in [4.78, 5) is 29.0. The second-order valence-electron chi connectivity index (χ2n) is 9.89. The molecule has 2 atom stereocenters. The number of aryl methyl sites for hydroxylation is 1. The van der Waals surface area contributed by atoms with E-state index in [9.17, 15) is 18.0 Å². The molecule has 3 aromatic carbocycles. The number of rotatable bonds is 13. The van der Waals surface area contributed by atoms with Crippen molar-refractivity contribution < 1.29 is 22.7 Å². The lowest BCUT2D eigenvalue weighted by Crippen LogP contribution is -2.53. The summed E-state index contributed by atoms with van der Waals surface area (Å²) in [6, 6.07) is 19.1. The van der Waals surface area contributed by atoms with Crippen LogP contribution in [0.4, 0.5) is 5.69 Å². The number of methoxy groups -OCH3 is 1. The zero-order valence-electron chi connectivity index (χ0n) is 24.1. The molecule has 3 rings (SSSR count). The molecule has 2 unspecified atom stereocenters. The van der Waals surface area contributed by atoms with Gasteiger partial charge in [0.2, 0.25) is 11.8 Å². The van der Waals surface area contributed by atoms with Crippen LogP contribution in [0.1, 0.15) is 44.7 Å². The molecule has 0 aliphatic heterocycles. The average Bonchev–Trinajstić information content (AvgIpc) is 2.96. The monoisotopic (exact) mass is 599 g/mol. The first-order chi connectivity index (χ1) is 19.5. The fraction of sp³-hybridized carbons (Fsp3) is 0.355. The summed E-state index contributed by atoms with van der Waals surface area (Å²) in [5.74, 6) is -0.245.